The van der Waals surface area contributed by atoms with Gasteiger partial charge in [0, 0.05) is 12.0 Å². The van der Waals surface area contributed by atoms with E-state index in [1.165, 1.54) is 32.1 Å². The van der Waals surface area contributed by atoms with Gasteiger partial charge in [-0.1, -0.05) is 31.3 Å². The van der Waals surface area contributed by atoms with E-state index < -0.39 is 0 Å². The second-order valence-corrected chi connectivity index (χ2v) is 6.27. The molecule has 2 aliphatic rings. The molecule has 2 heterocycles. The predicted molar refractivity (Wildman–Crippen MR) is 74.1 cm³/mol. The Hall–Kier alpha value is -0.900. The van der Waals surface area contributed by atoms with Crippen molar-refractivity contribution in [3.05, 3.63) is 11.7 Å². The molecule has 0 spiro atoms. The number of hydrogen-bond acceptors (Lipinski definition) is 4. The molecular formula is C15H25N3O. The maximum absolute atomic E-state index is 5.54. The molecule has 0 bridgehead atoms. The Morgan fingerprint density at radius 3 is 2.95 bits per heavy atom. The van der Waals surface area contributed by atoms with E-state index in [-0.39, 0.29) is 0 Å². The summed E-state index contributed by atoms with van der Waals surface area (Å²) in [6.45, 7) is 5.56. The van der Waals surface area contributed by atoms with Gasteiger partial charge in [0.2, 0.25) is 5.89 Å². The molecule has 4 nitrogen and oxygen atoms in total. The molecule has 1 N–H and O–H groups in total. The second kappa shape index (κ2) is 5.61. The fraction of sp³-hybridized carbons (Fsp3) is 0.867. The highest BCUT2D eigenvalue weighted by atomic mass is 16.5. The first-order valence-corrected chi connectivity index (χ1v) is 7.84. The molecule has 4 unspecified atom stereocenters. The Balaban J connectivity index is 1.70. The zero-order valence-electron chi connectivity index (χ0n) is 12.1. The Kier molecular flexibility index (Phi) is 3.87. The fourth-order valence-electron chi connectivity index (χ4n) is 3.66. The standard InChI is InChI=1S/C15H25N3O/c1-3-11-5-4-6-12(9-11)14-17-15(19-18-14)13-7-8-16-10(13)2/h10-13,16H,3-9H2,1-2H3. The monoisotopic (exact) mass is 263 g/mol. The highest BCUT2D eigenvalue weighted by Crippen LogP contribution is 2.37. The third-order valence-corrected chi connectivity index (χ3v) is 5.03. The second-order valence-electron chi connectivity index (χ2n) is 6.27. The minimum atomic E-state index is 0.409. The first-order chi connectivity index (χ1) is 9.28. The maximum Gasteiger partial charge on any atom is 0.231 e. The Labute approximate surface area is 115 Å². The van der Waals surface area contributed by atoms with Crippen molar-refractivity contribution in [2.75, 3.05) is 6.54 Å². The molecule has 1 aromatic heterocycles. The molecule has 19 heavy (non-hydrogen) atoms. The van der Waals surface area contributed by atoms with Crippen LogP contribution in [0.25, 0.3) is 0 Å². The van der Waals surface area contributed by atoms with Gasteiger partial charge >= 0.3 is 0 Å². The quantitative estimate of drug-likeness (QED) is 0.909. The van der Waals surface area contributed by atoms with E-state index in [1.54, 1.807) is 0 Å². The number of hydrogen-bond donors (Lipinski definition) is 1. The first-order valence-electron chi connectivity index (χ1n) is 7.84. The van der Waals surface area contributed by atoms with Crippen LogP contribution < -0.4 is 5.32 Å². The van der Waals surface area contributed by atoms with Crippen molar-refractivity contribution in [2.24, 2.45) is 5.92 Å². The SMILES string of the molecule is CCC1CCCC(c2noc(C3CCNC3C)n2)C1. The lowest BCUT2D eigenvalue weighted by atomic mass is 9.80. The number of rotatable bonds is 3. The highest BCUT2D eigenvalue weighted by Gasteiger charge is 2.31. The fourth-order valence-corrected chi connectivity index (χ4v) is 3.66. The third kappa shape index (κ3) is 2.69. The molecule has 1 saturated heterocycles. The molecular weight excluding hydrogens is 238 g/mol. The molecule has 1 aromatic rings. The van der Waals surface area contributed by atoms with Crippen LogP contribution in [0.1, 0.15) is 75.9 Å². The average molecular weight is 263 g/mol. The van der Waals surface area contributed by atoms with Crippen LogP contribution in [0.15, 0.2) is 4.52 Å². The van der Waals surface area contributed by atoms with Gasteiger partial charge in [0.25, 0.3) is 0 Å². The largest absolute Gasteiger partial charge is 0.339 e. The zero-order chi connectivity index (χ0) is 13.2. The summed E-state index contributed by atoms with van der Waals surface area (Å²) >= 11 is 0. The van der Waals surface area contributed by atoms with Crippen molar-refractivity contribution in [3.63, 3.8) is 0 Å². The van der Waals surface area contributed by atoms with Crippen molar-refractivity contribution >= 4 is 0 Å². The van der Waals surface area contributed by atoms with Crippen LogP contribution in [0.5, 0.6) is 0 Å². The maximum atomic E-state index is 5.54. The molecule has 1 aliphatic carbocycles. The van der Waals surface area contributed by atoms with Crippen molar-refractivity contribution in [2.45, 2.75) is 70.3 Å². The summed E-state index contributed by atoms with van der Waals surface area (Å²) in [7, 11) is 0. The zero-order valence-corrected chi connectivity index (χ0v) is 12.1. The molecule has 0 amide bonds. The molecule has 3 rings (SSSR count). The van der Waals surface area contributed by atoms with E-state index in [2.05, 4.69) is 24.3 Å². The van der Waals surface area contributed by atoms with Crippen molar-refractivity contribution in [3.8, 4) is 0 Å². The predicted octanol–water partition coefficient (Wildman–Crippen LogP) is 3.22. The van der Waals surface area contributed by atoms with E-state index in [0.717, 1.165) is 30.6 Å². The Morgan fingerprint density at radius 2 is 2.21 bits per heavy atom. The van der Waals surface area contributed by atoms with Gasteiger partial charge in [-0.3, -0.25) is 0 Å². The summed E-state index contributed by atoms with van der Waals surface area (Å²) in [5.74, 6) is 3.61. The van der Waals surface area contributed by atoms with Crippen LogP contribution in [0.3, 0.4) is 0 Å². The van der Waals surface area contributed by atoms with Crippen LogP contribution in [-0.4, -0.2) is 22.7 Å². The van der Waals surface area contributed by atoms with Gasteiger partial charge in [-0.25, -0.2) is 0 Å². The minimum absolute atomic E-state index is 0.409. The van der Waals surface area contributed by atoms with E-state index in [9.17, 15) is 0 Å². The summed E-state index contributed by atoms with van der Waals surface area (Å²) < 4.78 is 5.54. The number of nitrogens with one attached hydrogen (secondary N) is 1. The van der Waals surface area contributed by atoms with Crippen molar-refractivity contribution in [1.82, 2.24) is 15.5 Å². The van der Waals surface area contributed by atoms with Gasteiger partial charge in [-0.05, 0) is 38.6 Å². The van der Waals surface area contributed by atoms with Crippen LogP contribution >= 0.6 is 0 Å². The van der Waals surface area contributed by atoms with Gasteiger partial charge in [0.1, 0.15) is 0 Å². The van der Waals surface area contributed by atoms with E-state index in [0.29, 0.717) is 17.9 Å². The molecule has 106 valence electrons. The van der Waals surface area contributed by atoms with E-state index in [4.69, 9.17) is 9.51 Å². The van der Waals surface area contributed by atoms with Crippen LogP contribution in [-0.2, 0) is 0 Å². The Bertz CT molecular complexity index is 417. The lowest BCUT2D eigenvalue weighted by Gasteiger charge is -2.26. The van der Waals surface area contributed by atoms with Crippen molar-refractivity contribution < 1.29 is 4.52 Å². The topological polar surface area (TPSA) is 51.0 Å². The lowest BCUT2D eigenvalue weighted by Crippen LogP contribution is -2.21. The summed E-state index contributed by atoms with van der Waals surface area (Å²) in [6.07, 6.45) is 7.56. The van der Waals surface area contributed by atoms with Crippen LogP contribution in [0.4, 0.5) is 0 Å². The van der Waals surface area contributed by atoms with Gasteiger partial charge in [0.15, 0.2) is 5.82 Å². The summed E-state index contributed by atoms with van der Waals surface area (Å²) in [5.41, 5.74) is 0. The summed E-state index contributed by atoms with van der Waals surface area (Å²) in [4.78, 5) is 4.72. The molecule has 0 radical (unpaired) electrons. The molecule has 1 aliphatic heterocycles. The first kappa shape index (κ1) is 13.1. The lowest BCUT2D eigenvalue weighted by molar-refractivity contribution is 0.295. The van der Waals surface area contributed by atoms with Crippen molar-refractivity contribution in [1.29, 1.82) is 0 Å². The Morgan fingerprint density at radius 1 is 1.32 bits per heavy atom. The van der Waals surface area contributed by atoms with Crippen LogP contribution in [0.2, 0.25) is 0 Å². The molecule has 4 atom stereocenters. The van der Waals surface area contributed by atoms with Gasteiger partial charge in [-0.2, -0.15) is 4.98 Å². The molecule has 4 heteroatoms. The molecule has 1 saturated carbocycles. The number of nitrogens with zero attached hydrogens (tertiary/aromatic N) is 2. The minimum Gasteiger partial charge on any atom is -0.339 e. The molecule has 2 fully saturated rings. The third-order valence-electron chi connectivity index (χ3n) is 5.03. The molecule has 0 aromatic carbocycles. The van der Waals surface area contributed by atoms with Gasteiger partial charge in [0.05, 0.1) is 5.92 Å². The van der Waals surface area contributed by atoms with E-state index in [1.807, 2.05) is 0 Å². The number of aromatic nitrogens is 2. The summed E-state index contributed by atoms with van der Waals surface area (Å²) in [5, 5.41) is 7.72. The highest BCUT2D eigenvalue weighted by molar-refractivity contribution is 5.05. The summed E-state index contributed by atoms with van der Waals surface area (Å²) in [6, 6.07) is 0.461. The van der Waals surface area contributed by atoms with Crippen LogP contribution in [0, 0.1) is 5.92 Å². The average Bonchev–Trinajstić information content (AvgIpc) is 3.07. The normalized spacial score (nSPS) is 35.7. The van der Waals surface area contributed by atoms with Gasteiger partial charge < -0.3 is 9.84 Å². The van der Waals surface area contributed by atoms with Gasteiger partial charge in [-0.15, -0.1) is 0 Å². The van der Waals surface area contributed by atoms with E-state index >= 15 is 0 Å². The smallest absolute Gasteiger partial charge is 0.231 e.